The van der Waals surface area contributed by atoms with Crippen molar-refractivity contribution in [3.05, 3.63) is 0 Å². The number of rotatable bonds is 1. The molecule has 4 saturated heterocycles. The van der Waals surface area contributed by atoms with Gasteiger partial charge in [-0.25, -0.2) is 0 Å². The average Bonchev–Trinajstić information content (AvgIpc) is 2.49. The number of amides is 1. The van der Waals surface area contributed by atoms with Gasteiger partial charge in [0.15, 0.2) is 0 Å². The zero-order chi connectivity index (χ0) is 13.7. The second-order valence-corrected chi connectivity index (χ2v) is 7.69. The van der Waals surface area contributed by atoms with Gasteiger partial charge in [-0.05, 0) is 45.4 Å². The second-order valence-electron chi connectivity index (χ2n) is 7.69. The van der Waals surface area contributed by atoms with E-state index in [1.165, 1.54) is 56.2 Å². The number of piperidine rings is 4. The lowest BCUT2D eigenvalue weighted by atomic mass is 9.66. The van der Waals surface area contributed by atoms with Crippen molar-refractivity contribution in [1.29, 1.82) is 0 Å². The molecule has 0 aromatic carbocycles. The topological polar surface area (TPSA) is 20.3 Å². The van der Waals surface area contributed by atoms with E-state index in [1.807, 2.05) is 0 Å². The Morgan fingerprint density at radius 3 is 2.75 bits per heavy atom. The lowest BCUT2D eigenvalue weighted by Gasteiger charge is -2.62. The highest BCUT2D eigenvalue weighted by molar-refractivity contribution is 5.77. The molecule has 0 aliphatic carbocycles. The molecule has 0 saturated carbocycles. The molecule has 4 heterocycles. The third-order valence-corrected chi connectivity index (χ3v) is 7.04. The summed E-state index contributed by atoms with van der Waals surface area (Å²) in [6.45, 7) is 7.63. The molecule has 1 unspecified atom stereocenters. The molecule has 4 rings (SSSR count). The molecule has 3 heteroatoms. The van der Waals surface area contributed by atoms with E-state index in [-0.39, 0.29) is 0 Å². The van der Waals surface area contributed by atoms with Crippen molar-refractivity contribution in [3.63, 3.8) is 0 Å². The molecule has 20 heavy (non-hydrogen) atoms. The van der Waals surface area contributed by atoms with Crippen LogP contribution in [-0.4, -0.2) is 53.6 Å². The van der Waals surface area contributed by atoms with Crippen molar-refractivity contribution in [1.82, 2.24) is 4.90 Å². The van der Waals surface area contributed by atoms with Gasteiger partial charge in [-0.2, -0.15) is 0 Å². The summed E-state index contributed by atoms with van der Waals surface area (Å²) in [5, 5.41) is 0. The smallest absolute Gasteiger partial charge is 0.222 e. The monoisotopic (exact) mass is 277 g/mol. The Bertz CT molecular complexity index is 406. The minimum Gasteiger partial charge on any atom is -0.339 e. The Hall–Kier alpha value is -0.570. The zero-order valence-corrected chi connectivity index (χ0v) is 12.9. The number of hydrogen-bond acceptors (Lipinski definition) is 1. The van der Waals surface area contributed by atoms with Crippen molar-refractivity contribution >= 4 is 5.91 Å². The van der Waals surface area contributed by atoms with Crippen molar-refractivity contribution in [2.75, 3.05) is 26.2 Å². The highest BCUT2D eigenvalue weighted by Crippen LogP contribution is 2.48. The lowest BCUT2D eigenvalue weighted by Crippen LogP contribution is -2.73. The fourth-order valence-corrected chi connectivity index (χ4v) is 6.29. The standard InChI is InChI=1S/C17H29N2O/c1-2-19-10-4-6-13-12-18-15(8-3-9-16(18)20)14(17(13)19)7-5-11-19/h13-15,17H,2-12H2,1H3/q+1/t13-,14+,15+,17-,19?/m1/s1. The molecule has 0 aromatic heterocycles. The molecule has 112 valence electrons. The van der Waals surface area contributed by atoms with Gasteiger partial charge in [0.25, 0.3) is 0 Å². The third kappa shape index (κ3) is 1.71. The first-order chi connectivity index (χ1) is 9.75. The fourth-order valence-electron chi connectivity index (χ4n) is 6.29. The SMILES string of the molecule is CC[N+]12CCC[C@@H]3CN4C(=O)CCC[C@H]4[C@H](CCC1)[C@@H]32. The van der Waals surface area contributed by atoms with E-state index in [0.29, 0.717) is 11.9 Å². The van der Waals surface area contributed by atoms with Gasteiger partial charge in [0.2, 0.25) is 5.91 Å². The molecule has 0 spiro atoms. The van der Waals surface area contributed by atoms with Gasteiger partial charge in [0.1, 0.15) is 0 Å². The van der Waals surface area contributed by atoms with E-state index in [9.17, 15) is 4.79 Å². The van der Waals surface area contributed by atoms with Crippen LogP contribution in [-0.2, 0) is 4.79 Å². The summed E-state index contributed by atoms with van der Waals surface area (Å²) in [5.74, 6) is 2.07. The number of fused-ring (bicyclic) bond motifs is 2. The maximum Gasteiger partial charge on any atom is 0.222 e. The van der Waals surface area contributed by atoms with Crippen molar-refractivity contribution in [3.8, 4) is 0 Å². The molecule has 4 fully saturated rings. The molecule has 0 radical (unpaired) electrons. The number of carbonyl (C=O) groups is 1. The summed E-state index contributed by atoms with van der Waals surface area (Å²) in [4.78, 5) is 14.7. The van der Waals surface area contributed by atoms with E-state index in [0.717, 1.165) is 37.3 Å². The van der Waals surface area contributed by atoms with Gasteiger partial charge < -0.3 is 9.38 Å². The predicted molar refractivity (Wildman–Crippen MR) is 79.1 cm³/mol. The summed E-state index contributed by atoms with van der Waals surface area (Å²) in [5.41, 5.74) is 0. The van der Waals surface area contributed by atoms with Crippen LogP contribution in [0.3, 0.4) is 0 Å². The second kappa shape index (κ2) is 4.72. The molecule has 3 nitrogen and oxygen atoms in total. The molecule has 0 aromatic rings. The summed E-state index contributed by atoms with van der Waals surface area (Å²) < 4.78 is 1.40. The van der Waals surface area contributed by atoms with Crippen molar-refractivity contribution in [2.24, 2.45) is 11.8 Å². The summed E-state index contributed by atoms with van der Waals surface area (Å²) >= 11 is 0. The molecular formula is C17H29N2O+. The Balaban J connectivity index is 1.70. The first-order valence-corrected chi connectivity index (χ1v) is 8.90. The van der Waals surface area contributed by atoms with Crippen LogP contribution in [0.2, 0.25) is 0 Å². The Morgan fingerprint density at radius 2 is 1.95 bits per heavy atom. The van der Waals surface area contributed by atoms with Crippen molar-refractivity contribution < 1.29 is 9.28 Å². The first-order valence-electron chi connectivity index (χ1n) is 8.90. The van der Waals surface area contributed by atoms with E-state index in [2.05, 4.69) is 11.8 Å². The average molecular weight is 277 g/mol. The molecule has 5 atom stereocenters. The Kier molecular flexibility index (Phi) is 3.10. The van der Waals surface area contributed by atoms with Crippen molar-refractivity contribution in [2.45, 2.75) is 64.0 Å². The maximum absolute atomic E-state index is 12.3. The van der Waals surface area contributed by atoms with E-state index in [1.54, 1.807) is 0 Å². The van der Waals surface area contributed by atoms with Crippen LogP contribution in [0.4, 0.5) is 0 Å². The quantitative estimate of drug-likeness (QED) is 0.674. The summed E-state index contributed by atoms with van der Waals surface area (Å²) in [6, 6.07) is 1.48. The minimum absolute atomic E-state index is 0.463. The third-order valence-electron chi connectivity index (χ3n) is 7.04. The van der Waals surface area contributed by atoms with Crippen LogP contribution in [0.1, 0.15) is 51.9 Å². The van der Waals surface area contributed by atoms with Crippen LogP contribution in [0.5, 0.6) is 0 Å². The van der Waals surface area contributed by atoms with Gasteiger partial charge in [0.05, 0.1) is 25.7 Å². The molecule has 4 aliphatic heterocycles. The molecule has 0 N–H and O–H groups in total. The predicted octanol–water partition coefficient (Wildman–Crippen LogP) is 2.41. The molecular weight excluding hydrogens is 248 g/mol. The fraction of sp³-hybridized carbons (Fsp3) is 0.941. The zero-order valence-electron chi connectivity index (χ0n) is 12.9. The first kappa shape index (κ1) is 13.1. The van der Waals surface area contributed by atoms with Gasteiger partial charge in [-0.15, -0.1) is 0 Å². The van der Waals surface area contributed by atoms with Crippen LogP contribution >= 0.6 is 0 Å². The van der Waals surface area contributed by atoms with Crippen LogP contribution < -0.4 is 0 Å². The maximum atomic E-state index is 12.3. The van der Waals surface area contributed by atoms with Gasteiger partial charge in [0, 0.05) is 30.8 Å². The molecule has 1 amide bonds. The largest absolute Gasteiger partial charge is 0.339 e. The number of carbonyl (C=O) groups excluding carboxylic acids is 1. The Labute approximate surface area is 122 Å². The van der Waals surface area contributed by atoms with Crippen LogP contribution in [0.15, 0.2) is 0 Å². The summed E-state index contributed by atoms with van der Waals surface area (Å²) in [6.07, 6.45) is 8.76. The summed E-state index contributed by atoms with van der Waals surface area (Å²) in [7, 11) is 0. The highest BCUT2D eigenvalue weighted by Gasteiger charge is 2.57. The molecule has 4 aliphatic rings. The Morgan fingerprint density at radius 1 is 1.15 bits per heavy atom. The number of hydrogen-bond donors (Lipinski definition) is 0. The highest BCUT2D eigenvalue weighted by atomic mass is 16.2. The van der Waals surface area contributed by atoms with Crippen LogP contribution in [0.25, 0.3) is 0 Å². The molecule has 0 bridgehead atoms. The van der Waals surface area contributed by atoms with Gasteiger partial charge in [-0.1, -0.05) is 0 Å². The van der Waals surface area contributed by atoms with E-state index < -0.39 is 0 Å². The van der Waals surface area contributed by atoms with Crippen LogP contribution in [0, 0.1) is 11.8 Å². The van der Waals surface area contributed by atoms with E-state index in [4.69, 9.17) is 0 Å². The van der Waals surface area contributed by atoms with E-state index >= 15 is 0 Å². The number of nitrogens with zero attached hydrogens (tertiary/aromatic N) is 2. The van der Waals surface area contributed by atoms with Gasteiger partial charge in [-0.3, -0.25) is 4.79 Å². The van der Waals surface area contributed by atoms with Gasteiger partial charge >= 0.3 is 0 Å². The minimum atomic E-state index is 0.463. The normalized spacial score (nSPS) is 47.6. The number of quaternary nitrogens is 1. The lowest BCUT2D eigenvalue weighted by molar-refractivity contribution is -0.968.